The highest BCUT2D eigenvalue weighted by Gasteiger charge is 2.18. The summed E-state index contributed by atoms with van der Waals surface area (Å²) >= 11 is 4.11. The number of hydrogen-bond donors (Lipinski definition) is 1. The highest BCUT2D eigenvalue weighted by molar-refractivity contribution is 7.81. The molecule has 14 heavy (non-hydrogen) atoms. The van der Waals surface area contributed by atoms with Crippen molar-refractivity contribution in [3.8, 4) is 0 Å². The van der Waals surface area contributed by atoms with Crippen LogP contribution in [-0.4, -0.2) is 24.1 Å². The maximum absolute atomic E-state index is 11.4. The second kappa shape index (κ2) is 8.12. The molecule has 2 atom stereocenters. The van der Waals surface area contributed by atoms with Crippen LogP contribution >= 0.6 is 12.6 Å². The van der Waals surface area contributed by atoms with E-state index in [-0.39, 0.29) is 11.2 Å². The molecule has 0 rings (SSSR count). The molecule has 84 valence electrons. The first kappa shape index (κ1) is 13.8. The average molecular weight is 220 g/mol. The van der Waals surface area contributed by atoms with Crippen LogP contribution in [0, 0.1) is 0 Å². The maximum Gasteiger partial charge on any atom is 0.321 e. The summed E-state index contributed by atoms with van der Waals surface area (Å²) in [6, 6.07) is 0. The average Bonchev–Trinajstić information content (AvgIpc) is 2.17. The van der Waals surface area contributed by atoms with Crippen LogP contribution in [0.4, 0.5) is 0 Å². The third kappa shape index (κ3) is 5.50. The van der Waals surface area contributed by atoms with Gasteiger partial charge in [0.25, 0.3) is 0 Å². The van der Waals surface area contributed by atoms with E-state index in [0.717, 1.165) is 12.8 Å². The lowest BCUT2D eigenvalue weighted by molar-refractivity contribution is -0.178. The van der Waals surface area contributed by atoms with Crippen LogP contribution in [-0.2, 0) is 14.3 Å². The minimum Gasteiger partial charge on any atom is -0.435 e. The van der Waals surface area contributed by atoms with E-state index in [0.29, 0.717) is 13.0 Å². The van der Waals surface area contributed by atoms with Gasteiger partial charge in [-0.2, -0.15) is 12.6 Å². The first-order valence-corrected chi connectivity index (χ1v) is 5.67. The van der Waals surface area contributed by atoms with Crippen LogP contribution in [0.3, 0.4) is 0 Å². The molecule has 3 nitrogen and oxygen atoms in total. The van der Waals surface area contributed by atoms with Gasteiger partial charge in [0, 0.05) is 13.0 Å². The smallest absolute Gasteiger partial charge is 0.321 e. The molecule has 0 aromatic rings. The molecule has 0 N–H and O–H groups in total. The quantitative estimate of drug-likeness (QED) is 0.406. The number of esters is 1. The van der Waals surface area contributed by atoms with Gasteiger partial charge in [-0.15, -0.1) is 0 Å². The van der Waals surface area contributed by atoms with Crippen LogP contribution in [0.2, 0.25) is 0 Å². The lowest BCUT2D eigenvalue weighted by Crippen LogP contribution is -2.26. The molecular weight excluding hydrogens is 200 g/mol. The molecule has 0 aromatic heterocycles. The van der Waals surface area contributed by atoms with Crippen molar-refractivity contribution < 1.29 is 14.3 Å². The minimum absolute atomic E-state index is 0.289. The minimum atomic E-state index is -0.404. The lowest BCUT2D eigenvalue weighted by Gasteiger charge is -2.18. The summed E-state index contributed by atoms with van der Waals surface area (Å²) in [6.07, 6.45) is 1.94. The highest BCUT2D eigenvalue weighted by atomic mass is 32.1. The van der Waals surface area contributed by atoms with Crippen molar-refractivity contribution in [1.29, 1.82) is 0 Å². The first-order chi connectivity index (χ1) is 6.65. The van der Waals surface area contributed by atoms with E-state index in [1.54, 1.807) is 0 Å². The summed E-state index contributed by atoms with van der Waals surface area (Å²) in [5.41, 5.74) is 0. The normalized spacial score (nSPS) is 14.9. The fourth-order valence-electron chi connectivity index (χ4n) is 0.973. The van der Waals surface area contributed by atoms with Gasteiger partial charge < -0.3 is 9.47 Å². The van der Waals surface area contributed by atoms with Crippen molar-refractivity contribution in [2.24, 2.45) is 0 Å². The van der Waals surface area contributed by atoms with Gasteiger partial charge in [0.2, 0.25) is 6.29 Å². The molecule has 0 radical (unpaired) electrons. The number of hydrogen-bond acceptors (Lipinski definition) is 4. The van der Waals surface area contributed by atoms with E-state index >= 15 is 0 Å². The molecule has 0 saturated heterocycles. The fraction of sp³-hybridized carbons (Fsp3) is 0.900. The van der Waals surface area contributed by atoms with Crippen molar-refractivity contribution >= 4 is 18.6 Å². The second-order valence-electron chi connectivity index (χ2n) is 3.03. The SMILES string of the molecule is CCCC(OCC)OC(=O)C(S)CC. The number of ether oxygens (including phenoxy) is 2. The van der Waals surface area contributed by atoms with Crippen LogP contribution < -0.4 is 0 Å². The predicted molar refractivity (Wildman–Crippen MR) is 59.5 cm³/mol. The molecular formula is C10H20O3S. The van der Waals surface area contributed by atoms with E-state index < -0.39 is 6.29 Å². The molecule has 0 aliphatic rings. The molecule has 0 heterocycles. The van der Waals surface area contributed by atoms with Crippen LogP contribution in [0.1, 0.15) is 40.0 Å². The van der Waals surface area contributed by atoms with E-state index in [1.807, 2.05) is 20.8 Å². The van der Waals surface area contributed by atoms with Gasteiger partial charge in [-0.05, 0) is 13.3 Å². The van der Waals surface area contributed by atoms with E-state index in [1.165, 1.54) is 0 Å². The van der Waals surface area contributed by atoms with Gasteiger partial charge in [-0.3, -0.25) is 4.79 Å². The Kier molecular flexibility index (Phi) is 7.99. The van der Waals surface area contributed by atoms with E-state index in [4.69, 9.17) is 9.47 Å². The van der Waals surface area contributed by atoms with Gasteiger partial charge in [0.05, 0.1) is 5.25 Å². The number of rotatable bonds is 7. The summed E-state index contributed by atoms with van der Waals surface area (Å²) in [7, 11) is 0. The fourth-order valence-corrected chi connectivity index (χ4v) is 1.03. The second-order valence-corrected chi connectivity index (χ2v) is 3.66. The molecule has 0 spiro atoms. The Balaban J connectivity index is 3.94. The predicted octanol–water partition coefficient (Wildman–Crippen LogP) is 2.40. The molecule has 0 amide bonds. The third-order valence-electron chi connectivity index (χ3n) is 1.78. The summed E-state index contributed by atoms with van der Waals surface area (Å²) in [4.78, 5) is 11.4. The van der Waals surface area contributed by atoms with Crippen molar-refractivity contribution in [2.45, 2.75) is 51.6 Å². The Morgan fingerprint density at radius 2 is 2.00 bits per heavy atom. The molecule has 0 saturated carbocycles. The van der Waals surface area contributed by atoms with Crippen molar-refractivity contribution in [3.05, 3.63) is 0 Å². The van der Waals surface area contributed by atoms with Crippen molar-refractivity contribution in [3.63, 3.8) is 0 Å². The number of thiol groups is 1. The Bertz CT molecular complexity index is 155. The third-order valence-corrected chi connectivity index (χ3v) is 2.36. The molecule has 4 heteroatoms. The Morgan fingerprint density at radius 3 is 2.43 bits per heavy atom. The molecule has 0 fully saturated rings. The van der Waals surface area contributed by atoms with Crippen molar-refractivity contribution in [1.82, 2.24) is 0 Å². The zero-order chi connectivity index (χ0) is 11.0. The monoisotopic (exact) mass is 220 g/mol. The maximum atomic E-state index is 11.4. The molecule has 2 unspecified atom stereocenters. The molecule has 0 aliphatic heterocycles. The van der Waals surface area contributed by atoms with E-state index in [9.17, 15) is 4.79 Å². The van der Waals surface area contributed by atoms with Crippen LogP contribution in [0.15, 0.2) is 0 Å². The largest absolute Gasteiger partial charge is 0.435 e. The summed E-state index contributed by atoms with van der Waals surface area (Å²) in [5.74, 6) is -0.289. The van der Waals surface area contributed by atoms with Crippen LogP contribution in [0.25, 0.3) is 0 Å². The number of carbonyl (C=O) groups excluding carboxylic acids is 1. The zero-order valence-corrected chi connectivity index (χ0v) is 10.0. The summed E-state index contributed by atoms with van der Waals surface area (Å²) in [5, 5.41) is -0.338. The summed E-state index contributed by atoms with van der Waals surface area (Å²) in [6.45, 7) is 6.36. The highest BCUT2D eigenvalue weighted by Crippen LogP contribution is 2.09. The Morgan fingerprint density at radius 1 is 1.36 bits per heavy atom. The van der Waals surface area contributed by atoms with Crippen LogP contribution in [0.5, 0.6) is 0 Å². The van der Waals surface area contributed by atoms with Gasteiger partial charge >= 0.3 is 5.97 Å². The topological polar surface area (TPSA) is 35.5 Å². The molecule has 0 aromatic carbocycles. The standard InChI is InChI=1S/C10H20O3S/c1-4-7-9(12-6-3)13-10(11)8(14)5-2/h8-9,14H,4-7H2,1-3H3. The molecule has 0 bridgehead atoms. The van der Waals surface area contributed by atoms with Gasteiger partial charge in [0.15, 0.2) is 0 Å². The lowest BCUT2D eigenvalue weighted by atomic mass is 10.3. The zero-order valence-electron chi connectivity index (χ0n) is 9.16. The van der Waals surface area contributed by atoms with E-state index in [2.05, 4.69) is 12.6 Å². The van der Waals surface area contributed by atoms with Gasteiger partial charge in [0.1, 0.15) is 0 Å². The Labute approximate surface area is 91.6 Å². The number of carbonyl (C=O) groups is 1. The van der Waals surface area contributed by atoms with Gasteiger partial charge in [-0.25, -0.2) is 0 Å². The molecule has 0 aliphatic carbocycles. The van der Waals surface area contributed by atoms with Gasteiger partial charge in [-0.1, -0.05) is 20.3 Å². The summed E-state index contributed by atoms with van der Waals surface area (Å²) < 4.78 is 10.4. The Hall–Kier alpha value is -0.220. The van der Waals surface area contributed by atoms with Crippen molar-refractivity contribution in [2.75, 3.05) is 6.61 Å². The first-order valence-electron chi connectivity index (χ1n) is 5.15.